The third-order valence-corrected chi connectivity index (χ3v) is 9.00. The Hall–Kier alpha value is -2.83. The zero-order chi connectivity index (χ0) is 25.6. The van der Waals surface area contributed by atoms with Crippen molar-refractivity contribution in [2.24, 2.45) is 5.41 Å². The molecule has 36 heavy (non-hydrogen) atoms. The van der Waals surface area contributed by atoms with Crippen molar-refractivity contribution in [3.8, 4) is 11.1 Å². The molecular formula is C24H28BrN7O3S. The van der Waals surface area contributed by atoms with Crippen molar-refractivity contribution in [2.45, 2.75) is 26.7 Å². The van der Waals surface area contributed by atoms with Crippen molar-refractivity contribution in [3.63, 3.8) is 0 Å². The predicted octanol–water partition coefficient (Wildman–Crippen LogP) is 4.32. The summed E-state index contributed by atoms with van der Waals surface area (Å²) in [5.41, 5.74) is 1.89. The molecule has 5 rings (SSSR count). The van der Waals surface area contributed by atoms with Gasteiger partial charge in [-0.2, -0.15) is 0 Å². The molecule has 0 atom stereocenters. The lowest BCUT2D eigenvalue weighted by Gasteiger charge is -2.38. The number of carboxylic acids is 1. The molecule has 0 bridgehead atoms. The van der Waals surface area contributed by atoms with Gasteiger partial charge in [0.2, 0.25) is 5.95 Å². The molecule has 0 aliphatic carbocycles. The van der Waals surface area contributed by atoms with Gasteiger partial charge in [-0.25, -0.2) is 19.7 Å². The van der Waals surface area contributed by atoms with Crippen LogP contribution in [0.4, 0.5) is 15.9 Å². The number of carbonyl (C=O) groups excluding carboxylic acids is 1. The molecule has 2 fully saturated rings. The van der Waals surface area contributed by atoms with Crippen molar-refractivity contribution >= 4 is 60.6 Å². The maximum absolute atomic E-state index is 12.9. The quantitative estimate of drug-likeness (QED) is 0.481. The fourth-order valence-corrected chi connectivity index (χ4v) is 6.19. The summed E-state index contributed by atoms with van der Waals surface area (Å²) in [5, 5.41) is 10.1. The highest BCUT2D eigenvalue weighted by atomic mass is 79.9. The maximum atomic E-state index is 12.9. The number of carboxylic acid groups (broad SMARTS) is 1. The van der Waals surface area contributed by atoms with Gasteiger partial charge in [0, 0.05) is 42.1 Å². The minimum atomic E-state index is -0.746. The number of nitrogens with zero attached hydrogens (tertiary/aromatic N) is 7. The van der Waals surface area contributed by atoms with Crippen LogP contribution in [0, 0.1) is 5.41 Å². The summed E-state index contributed by atoms with van der Waals surface area (Å²) >= 11 is 5.17. The lowest BCUT2D eigenvalue weighted by Crippen LogP contribution is -2.56. The minimum absolute atomic E-state index is 0.0311. The molecule has 190 valence electrons. The van der Waals surface area contributed by atoms with Crippen molar-refractivity contribution < 1.29 is 14.7 Å². The van der Waals surface area contributed by atoms with Crippen molar-refractivity contribution in [1.29, 1.82) is 0 Å². The summed E-state index contributed by atoms with van der Waals surface area (Å²) < 4.78 is 1.88. The molecule has 2 aromatic heterocycles. The van der Waals surface area contributed by atoms with E-state index in [9.17, 15) is 14.7 Å². The maximum Gasteiger partial charge on any atom is 0.328 e. The Balaban J connectivity index is 1.37. The van der Waals surface area contributed by atoms with Crippen LogP contribution >= 0.6 is 27.3 Å². The highest BCUT2D eigenvalue weighted by Crippen LogP contribution is 2.38. The number of thiazole rings is 1. The van der Waals surface area contributed by atoms with E-state index in [4.69, 9.17) is 4.98 Å². The Morgan fingerprint density at radius 3 is 2.50 bits per heavy atom. The number of aromatic nitrogens is 3. The van der Waals surface area contributed by atoms with E-state index in [0.717, 1.165) is 25.8 Å². The first-order chi connectivity index (χ1) is 17.2. The van der Waals surface area contributed by atoms with E-state index in [1.54, 1.807) is 29.1 Å². The van der Waals surface area contributed by atoms with E-state index in [1.165, 1.54) is 11.3 Å². The highest BCUT2D eigenvalue weighted by molar-refractivity contribution is 9.10. The van der Waals surface area contributed by atoms with Gasteiger partial charge in [-0.3, -0.25) is 14.6 Å². The number of halogens is 1. The average molecular weight is 575 g/mol. The number of benzene rings is 1. The van der Waals surface area contributed by atoms with Gasteiger partial charge in [0.1, 0.15) is 0 Å². The fourth-order valence-electron chi connectivity index (χ4n) is 4.56. The van der Waals surface area contributed by atoms with Crippen molar-refractivity contribution in [2.75, 3.05) is 49.8 Å². The normalized spacial score (nSPS) is 18.8. The number of rotatable bonds is 5. The third kappa shape index (κ3) is 4.53. The van der Waals surface area contributed by atoms with E-state index in [1.807, 2.05) is 31.0 Å². The monoisotopic (exact) mass is 573 g/mol. The summed E-state index contributed by atoms with van der Waals surface area (Å²) in [6.45, 7) is 6.75. The zero-order valence-electron chi connectivity index (χ0n) is 20.4. The molecule has 10 nitrogen and oxygen atoms in total. The van der Waals surface area contributed by atoms with E-state index < -0.39 is 11.4 Å². The van der Waals surface area contributed by atoms with Crippen LogP contribution in [0.3, 0.4) is 0 Å². The SMILES string of the molecule is CCN1CN(C)CN(c2nc3cc(-c4cnc(N5CCC(C)(C(=O)O)CC5)nc4)cc(Br)c3s2)C1=O. The lowest BCUT2D eigenvalue weighted by atomic mass is 9.80. The van der Waals surface area contributed by atoms with Crippen LogP contribution in [-0.2, 0) is 4.79 Å². The van der Waals surface area contributed by atoms with Gasteiger partial charge < -0.3 is 14.9 Å². The second-order valence-electron chi connectivity index (χ2n) is 9.63. The van der Waals surface area contributed by atoms with Crippen LogP contribution < -0.4 is 9.80 Å². The van der Waals surface area contributed by atoms with Gasteiger partial charge >= 0.3 is 12.0 Å². The van der Waals surface area contributed by atoms with Gasteiger partial charge in [-0.05, 0) is 67.4 Å². The summed E-state index contributed by atoms with van der Waals surface area (Å²) in [7, 11) is 1.99. The number of piperidine rings is 1. The highest BCUT2D eigenvalue weighted by Gasteiger charge is 2.37. The number of urea groups is 1. The molecule has 2 aliphatic heterocycles. The summed E-state index contributed by atoms with van der Waals surface area (Å²) in [6, 6.07) is 3.98. The number of aliphatic carboxylic acids is 1. The van der Waals surface area contributed by atoms with Crippen molar-refractivity contribution in [1.82, 2.24) is 24.8 Å². The molecule has 0 saturated carbocycles. The number of anilines is 2. The van der Waals surface area contributed by atoms with E-state index in [0.29, 0.717) is 56.9 Å². The number of hydrogen-bond donors (Lipinski definition) is 1. The van der Waals surface area contributed by atoms with Crippen molar-refractivity contribution in [3.05, 3.63) is 29.0 Å². The number of amides is 2. The van der Waals surface area contributed by atoms with Crippen LogP contribution in [0.1, 0.15) is 26.7 Å². The Morgan fingerprint density at radius 1 is 1.17 bits per heavy atom. The van der Waals surface area contributed by atoms with Gasteiger partial charge in [0.05, 0.1) is 29.0 Å². The van der Waals surface area contributed by atoms with E-state index in [2.05, 4.69) is 30.8 Å². The van der Waals surface area contributed by atoms with E-state index in [-0.39, 0.29) is 6.03 Å². The molecule has 2 aliphatic rings. The average Bonchev–Trinajstić information content (AvgIpc) is 3.30. The number of carbonyl (C=O) groups is 2. The molecule has 1 N–H and O–H groups in total. The predicted molar refractivity (Wildman–Crippen MR) is 143 cm³/mol. The second kappa shape index (κ2) is 9.56. The first-order valence-corrected chi connectivity index (χ1v) is 13.5. The largest absolute Gasteiger partial charge is 0.481 e. The molecule has 2 amide bonds. The van der Waals surface area contributed by atoms with Crippen LogP contribution in [0.15, 0.2) is 29.0 Å². The van der Waals surface area contributed by atoms with Gasteiger partial charge in [-0.1, -0.05) is 11.3 Å². The smallest absolute Gasteiger partial charge is 0.328 e. The Morgan fingerprint density at radius 2 is 1.86 bits per heavy atom. The Bertz CT molecular complexity index is 1310. The third-order valence-electron chi connectivity index (χ3n) is 6.98. The second-order valence-corrected chi connectivity index (χ2v) is 11.5. The molecule has 3 aromatic rings. The zero-order valence-corrected chi connectivity index (χ0v) is 22.8. The van der Waals surface area contributed by atoms with Gasteiger partial charge in [0.25, 0.3) is 0 Å². The molecule has 4 heterocycles. The first-order valence-electron chi connectivity index (χ1n) is 11.8. The summed E-state index contributed by atoms with van der Waals surface area (Å²) in [6.07, 6.45) is 4.70. The molecule has 0 unspecified atom stereocenters. The molecule has 12 heteroatoms. The van der Waals surface area contributed by atoms with Crippen LogP contribution in [0.2, 0.25) is 0 Å². The topological polar surface area (TPSA) is 106 Å². The Kier molecular flexibility index (Phi) is 6.60. The standard InChI is InChI=1S/C24H28BrN7O3S/c1-4-30-13-29(3)14-32(23(30)35)22-28-18-10-15(9-17(25)19(18)36-22)16-11-26-21(27-12-16)31-7-5-24(2,6-8-31)20(33)34/h9-12H,4-8,13-14H2,1-3H3,(H,33,34). The molecular weight excluding hydrogens is 546 g/mol. The molecule has 1 aromatic carbocycles. The first kappa shape index (κ1) is 24.8. The Labute approximate surface area is 221 Å². The summed E-state index contributed by atoms with van der Waals surface area (Å²) in [5.74, 6) is -0.139. The fraction of sp³-hybridized carbons (Fsp3) is 0.458. The van der Waals surface area contributed by atoms with Crippen LogP contribution in [0.5, 0.6) is 0 Å². The lowest BCUT2D eigenvalue weighted by molar-refractivity contribution is -0.149. The van der Waals surface area contributed by atoms with Crippen LogP contribution in [0.25, 0.3) is 21.3 Å². The van der Waals surface area contributed by atoms with Crippen LogP contribution in [-0.4, -0.2) is 81.9 Å². The summed E-state index contributed by atoms with van der Waals surface area (Å²) in [4.78, 5) is 46.0. The van der Waals surface area contributed by atoms with Gasteiger partial charge in [0.15, 0.2) is 5.13 Å². The minimum Gasteiger partial charge on any atom is -0.481 e. The molecule has 0 radical (unpaired) electrons. The molecule has 0 spiro atoms. The molecule has 2 saturated heterocycles. The number of hydrogen-bond acceptors (Lipinski definition) is 8. The van der Waals surface area contributed by atoms with Gasteiger partial charge in [-0.15, -0.1) is 0 Å². The number of fused-ring (bicyclic) bond motifs is 1. The van der Waals surface area contributed by atoms with E-state index >= 15 is 0 Å².